The maximum absolute atomic E-state index is 12.6. The molecule has 0 radical (unpaired) electrons. The Balaban J connectivity index is 1.61. The number of carboxylic acids is 1. The Kier molecular flexibility index (Phi) is 5.31. The maximum Gasteiger partial charge on any atom is 0.317 e. The number of ether oxygens (including phenoxy) is 1. The number of nitrogens with one attached hydrogen (secondary N) is 1. The average molecular weight is 368 g/mol. The monoisotopic (exact) mass is 368 g/mol. The number of carboxylic acid groups (broad SMARTS) is 1. The summed E-state index contributed by atoms with van der Waals surface area (Å²) in [4.78, 5) is 13.0. The van der Waals surface area contributed by atoms with Crippen molar-refractivity contribution in [2.24, 2.45) is 0 Å². The number of carbonyl (C=O) groups is 1. The fourth-order valence-electron chi connectivity index (χ4n) is 3.45. The molecular weight excluding hydrogens is 344 g/mol. The summed E-state index contributed by atoms with van der Waals surface area (Å²) >= 11 is 0. The first-order chi connectivity index (χ1) is 11.9. The van der Waals surface area contributed by atoms with E-state index in [-0.39, 0.29) is 23.5 Å². The van der Waals surface area contributed by atoms with Gasteiger partial charge in [0.1, 0.15) is 5.75 Å². The zero-order valence-corrected chi connectivity index (χ0v) is 15.1. The summed E-state index contributed by atoms with van der Waals surface area (Å²) in [5, 5.41) is 8.92. The molecule has 1 heterocycles. The highest BCUT2D eigenvalue weighted by molar-refractivity contribution is 7.89. The van der Waals surface area contributed by atoms with E-state index in [0.717, 1.165) is 24.2 Å². The van der Waals surface area contributed by atoms with Crippen LogP contribution in [0.1, 0.15) is 31.7 Å². The fraction of sp³-hybridized carbons (Fsp3) is 0.588. The van der Waals surface area contributed by atoms with Crippen molar-refractivity contribution in [2.45, 2.75) is 49.6 Å². The molecule has 0 aromatic heterocycles. The van der Waals surface area contributed by atoms with E-state index in [1.165, 1.54) is 0 Å². The molecule has 8 heteroatoms. The SMILES string of the molecule is CCN(CC(=O)O)C1CC(NS(=O)(=O)c2ccc3c(c2)CCCO3)C1. The van der Waals surface area contributed by atoms with Crippen LogP contribution in [0.25, 0.3) is 0 Å². The number of rotatable bonds is 7. The quantitative estimate of drug-likeness (QED) is 0.751. The van der Waals surface area contributed by atoms with Gasteiger partial charge < -0.3 is 9.84 Å². The number of aryl methyl sites for hydroxylation is 1. The molecular formula is C17H24N2O5S. The van der Waals surface area contributed by atoms with Gasteiger partial charge in [-0.3, -0.25) is 9.69 Å². The van der Waals surface area contributed by atoms with Crippen LogP contribution in [0, 0.1) is 0 Å². The minimum atomic E-state index is -3.57. The van der Waals surface area contributed by atoms with Gasteiger partial charge in [-0.15, -0.1) is 0 Å². The number of nitrogens with zero attached hydrogens (tertiary/aromatic N) is 1. The molecule has 1 aromatic rings. The lowest BCUT2D eigenvalue weighted by Crippen LogP contribution is -2.54. The Bertz CT molecular complexity index is 743. The third kappa shape index (κ3) is 4.13. The first kappa shape index (κ1) is 18.2. The number of aliphatic carboxylic acids is 1. The summed E-state index contributed by atoms with van der Waals surface area (Å²) in [5.41, 5.74) is 0.930. The maximum atomic E-state index is 12.6. The van der Waals surface area contributed by atoms with Gasteiger partial charge in [-0.1, -0.05) is 6.92 Å². The molecule has 1 fully saturated rings. The molecule has 1 aromatic carbocycles. The van der Waals surface area contributed by atoms with Crippen LogP contribution in [0.5, 0.6) is 5.75 Å². The molecule has 0 saturated heterocycles. The second kappa shape index (κ2) is 7.31. The number of sulfonamides is 1. The Morgan fingerprint density at radius 1 is 1.40 bits per heavy atom. The van der Waals surface area contributed by atoms with Crippen molar-refractivity contribution >= 4 is 16.0 Å². The number of likely N-dealkylation sites (N-methyl/N-ethyl adjacent to an activating group) is 1. The van der Waals surface area contributed by atoms with E-state index < -0.39 is 16.0 Å². The normalized spacial score (nSPS) is 22.8. The fourth-order valence-corrected chi connectivity index (χ4v) is 4.76. The predicted molar refractivity (Wildman–Crippen MR) is 92.3 cm³/mol. The van der Waals surface area contributed by atoms with Crippen LogP contribution >= 0.6 is 0 Å². The molecule has 0 amide bonds. The lowest BCUT2D eigenvalue weighted by Gasteiger charge is -2.42. The van der Waals surface area contributed by atoms with Crippen LogP contribution in [0.15, 0.2) is 23.1 Å². The molecule has 1 aliphatic carbocycles. The summed E-state index contributed by atoms with van der Waals surface area (Å²) in [7, 11) is -3.57. The van der Waals surface area contributed by atoms with Crippen LogP contribution < -0.4 is 9.46 Å². The molecule has 0 unspecified atom stereocenters. The van der Waals surface area contributed by atoms with E-state index >= 15 is 0 Å². The Hall–Kier alpha value is -1.64. The van der Waals surface area contributed by atoms with Crippen molar-refractivity contribution in [3.05, 3.63) is 23.8 Å². The average Bonchev–Trinajstić information content (AvgIpc) is 2.55. The van der Waals surface area contributed by atoms with E-state index in [1.807, 2.05) is 11.8 Å². The predicted octanol–water partition coefficient (Wildman–Crippen LogP) is 1.23. The molecule has 25 heavy (non-hydrogen) atoms. The highest BCUT2D eigenvalue weighted by Crippen LogP contribution is 2.30. The van der Waals surface area contributed by atoms with Gasteiger partial charge >= 0.3 is 5.97 Å². The molecule has 2 aliphatic rings. The minimum absolute atomic E-state index is 0.00847. The molecule has 0 atom stereocenters. The second-order valence-corrected chi connectivity index (χ2v) is 8.34. The van der Waals surface area contributed by atoms with Crippen molar-refractivity contribution in [3.63, 3.8) is 0 Å². The van der Waals surface area contributed by atoms with Crippen molar-refractivity contribution in [1.82, 2.24) is 9.62 Å². The summed E-state index contributed by atoms with van der Waals surface area (Å²) in [6, 6.07) is 4.95. The van der Waals surface area contributed by atoms with Crippen LogP contribution in [0.3, 0.4) is 0 Å². The molecule has 2 N–H and O–H groups in total. The number of fused-ring (bicyclic) bond motifs is 1. The van der Waals surface area contributed by atoms with Crippen LogP contribution in [0.4, 0.5) is 0 Å². The smallest absolute Gasteiger partial charge is 0.317 e. The standard InChI is InChI=1S/C17H24N2O5S/c1-2-19(11-17(20)21)14-9-13(10-14)18-25(22,23)15-5-6-16-12(8-15)4-3-7-24-16/h5-6,8,13-14,18H,2-4,7,9-11H2,1H3,(H,20,21). The van der Waals surface area contributed by atoms with E-state index in [9.17, 15) is 13.2 Å². The van der Waals surface area contributed by atoms with Crippen LogP contribution in [-0.4, -0.2) is 56.2 Å². The van der Waals surface area contributed by atoms with Crippen molar-refractivity contribution in [2.75, 3.05) is 19.7 Å². The summed E-state index contributed by atoms with van der Waals surface area (Å²) in [5.74, 6) is -0.0941. The zero-order chi connectivity index (χ0) is 18.0. The van der Waals surface area contributed by atoms with Gasteiger partial charge in [0.15, 0.2) is 0 Å². The molecule has 0 spiro atoms. The topological polar surface area (TPSA) is 95.9 Å². The summed E-state index contributed by atoms with van der Waals surface area (Å²) in [6.07, 6.45) is 2.98. The minimum Gasteiger partial charge on any atom is -0.493 e. The van der Waals surface area contributed by atoms with Gasteiger partial charge in [0.2, 0.25) is 10.0 Å². The first-order valence-corrected chi connectivity index (χ1v) is 10.1. The number of hydrogen-bond donors (Lipinski definition) is 2. The molecule has 0 bridgehead atoms. The van der Waals surface area contributed by atoms with Crippen molar-refractivity contribution in [1.29, 1.82) is 0 Å². The third-order valence-corrected chi connectivity index (χ3v) is 6.40. The largest absolute Gasteiger partial charge is 0.493 e. The Morgan fingerprint density at radius 2 is 2.16 bits per heavy atom. The van der Waals surface area contributed by atoms with Gasteiger partial charge in [0.05, 0.1) is 18.0 Å². The second-order valence-electron chi connectivity index (χ2n) is 6.62. The number of benzene rings is 1. The van der Waals surface area contributed by atoms with Crippen LogP contribution in [0.2, 0.25) is 0 Å². The van der Waals surface area contributed by atoms with Crippen molar-refractivity contribution < 1.29 is 23.1 Å². The third-order valence-electron chi connectivity index (χ3n) is 4.89. The highest BCUT2D eigenvalue weighted by Gasteiger charge is 2.36. The van der Waals surface area contributed by atoms with Gasteiger partial charge in [-0.2, -0.15) is 0 Å². The lowest BCUT2D eigenvalue weighted by molar-refractivity contribution is -0.139. The lowest BCUT2D eigenvalue weighted by atomic mass is 9.86. The summed E-state index contributed by atoms with van der Waals surface area (Å²) < 4.78 is 33.4. The molecule has 1 aliphatic heterocycles. The van der Waals surface area contributed by atoms with Gasteiger partial charge in [0.25, 0.3) is 0 Å². The molecule has 3 rings (SSSR count). The van der Waals surface area contributed by atoms with E-state index in [0.29, 0.717) is 26.0 Å². The number of hydrogen-bond acceptors (Lipinski definition) is 5. The Morgan fingerprint density at radius 3 is 2.84 bits per heavy atom. The first-order valence-electron chi connectivity index (χ1n) is 8.63. The van der Waals surface area contributed by atoms with Gasteiger partial charge in [-0.25, -0.2) is 13.1 Å². The zero-order valence-electron chi connectivity index (χ0n) is 14.3. The van der Waals surface area contributed by atoms with Gasteiger partial charge in [-0.05, 0) is 56.0 Å². The van der Waals surface area contributed by atoms with E-state index in [2.05, 4.69) is 4.72 Å². The molecule has 138 valence electrons. The molecule has 7 nitrogen and oxygen atoms in total. The van der Waals surface area contributed by atoms with Gasteiger partial charge in [0, 0.05) is 12.1 Å². The molecule has 1 saturated carbocycles. The van der Waals surface area contributed by atoms with Crippen LogP contribution in [-0.2, 0) is 21.2 Å². The van der Waals surface area contributed by atoms with E-state index in [1.54, 1.807) is 18.2 Å². The van der Waals surface area contributed by atoms with Crippen molar-refractivity contribution in [3.8, 4) is 5.75 Å². The van der Waals surface area contributed by atoms with E-state index in [4.69, 9.17) is 9.84 Å². The Labute approximate surface area is 148 Å². The highest BCUT2D eigenvalue weighted by atomic mass is 32.2. The summed E-state index contributed by atoms with van der Waals surface area (Å²) in [6.45, 7) is 3.22.